The van der Waals surface area contributed by atoms with Crippen LogP contribution in [0.2, 0.25) is 0 Å². The van der Waals surface area contributed by atoms with Crippen molar-refractivity contribution in [2.75, 3.05) is 20.1 Å². The second-order valence-electron chi connectivity index (χ2n) is 6.37. The van der Waals surface area contributed by atoms with E-state index in [-0.39, 0.29) is 0 Å². The number of nitrogens with one attached hydrogen (secondary N) is 2. The van der Waals surface area contributed by atoms with E-state index in [9.17, 15) is 0 Å². The van der Waals surface area contributed by atoms with Crippen LogP contribution in [0.3, 0.4) is 0 Å². The predicted octanol–water partition coefficient (Wildman–Crippen LogP) is 3.01. The average molecular weight is 260 g/mol. The SMILES string of the molecule is CNCC1(CNCc2c(C)c(C)cc(C)c2C)CC1. The minimum Gasteiger partial charge on any atom is -0.319 e. The number of rotatable bonds is 6. The minimum absolute atomic E-state index is 0.537. The zero-order valence-electron chi connectivity index (χ0n) is 13.1. The van der Waals surface area contributed by atoms with Gasteiger partial charge in [-0.05, 0) is 80.8 Å². The molecule has 0 aliphatic heterocycles. The van der Waals surface area contributed by atoms with Gasteiger partial charge in [0.2, 0.25) is 0 Å². The van der Waals surface area contributed by atoms with Crippen LogP contribution >= 0.6 is 0 Å². The highest BCUT2D eigenvalue weighted by Gasteiger charge is 2.41. The fourth-order valence-electron chi connectivity index (χ4n) is 2.98. The van der Waals surface area contributed by atoms with Crippen LogP contribution in [0.25, 0.3) is 0 Å². The lowest BCUT2D eigenvalue weighted by atomic mass is 9.94. The Bertz CT molecular complexity index is 433. The van der Waals surface area contributed by atoms with E-state index in [4.69, 9.17) is 0 Å². The summed E-state index contributed by atoms with van der Waals surface area (Å²) in [6.45, 7) is 12.2. The zero-order chi connectivity index (χ0) is 14.0. The van der Waals surface area contributed by atoms with Crippen LogP contribution in [0, 0.1) is 33.1 Å². The van der Waals surface area contributed by atoms with E-state index >= 15 is 0 Å². The quantitative estimate of drug-likeness (QED) is 0.821. The maximum atomic E-state index is 3.69. The molecule has 0 heterocycles. The fourth-order valence-corrected chi connectivity index (χ4v) is 2.98. The number of hydrogen-bond acceptors (Lipinski definition) is 2. The topological polar surface area (TPSA) is 24.1 Å². The third kappa shape index (κ3) is 3.18. The van der Waals surface area contributed by atoms with Crippen LogP contribution in [0.4, 0.5) is 0 Å². The van der Waals surface area contributed by atoms with Gasteiger partial charge in [0.1, 0.15) is 0 Å². The third-order valence-corrected chi connectivity index (χ3v) is 4.83. The van der Waals surface area contributed by atoms with Crippen LogP contribution in [-0.4, -0.2) is 20.1 Å². The number of hydrogen-bond donors (Lipinski definition) is 2. The average Bonchev–Trinajstić information content (AvgIpc) is 3.12. The van der Waals surface area contributed by atoms with Crippen molar-refractivity contribution >= 4 is 0 Å². The van der Waals surface area contributed by atoms with Gasteiger partial charge in [0, 0.05) is 19.6 Å². The van der Waals surface area contributed by atoms with E-state index in [1.165, 1.54) is 40.7 Å². The first-order chi connectivity index (χ1) is 8.99. The molecule has 1 aliphatic rings. The standard InChI is InChI=1S/C17H28N2/c1-12-8-13(2)15(4)16(14(12)3)9-19-11-17(6-7-17)10-18-5/h8,18-19H,6-7,9-11H2,1-5H3. The Morgan fingerprint density at radius 2 is 1.58 bits per heavy atom. The Balaban J connectivity index is 2.00. The fraction of sp³-hybridized carbons (Fsp3) is 0.647. The van der Waals surface area contributed by atoms with Gasteiger partial charge in [-0.25, -0.2) is 0 Å². The smallest absolute Gasteiger partial charge is 0.0211 e. The van der Waals surface area contributed by atoms with E-state index in [1.54, 1.807) is 0 Å². The van der Waals surface area contributed by atoms with Crippen LogP contribution in [0.1, 0.15) is 40.7 Å². The highest BCUT2D eigenvalue weighted by atomic mass is 14.9. The number of aryl methyl sites for hydroxylation is 2. The van der Waals surface area contributed by atoms with Crippen molar-refractivity contribution in [2.24, 2.45) is 5.41 Å². The molecule has 0 amide bonds. The second-order valence-corrected chi connectivity index (χ2v) is 6.37. The Kier molecular flexibility index (Phi) is 4.32. The molecule has 0 unspecified atom stereocenters. The van der Waals surface area contributed by atoms with Gasteiger partial charge < -0.3 is 10.6 Å². The summed E-state index contributed by atoms with van der Waals surface area (Å²) in [5.74, 6) is 0. The molecular formula is C17H28N2. The van der Waals surface area contributed by atoms with Gasteiger partial charge >= 0.3 is 0 Å². The van der Waals surface area contributed by atoms with Crippen molar-refractivity contribution < 1.29 is 0 Å². The van der Waals surface area contributed by atoms with Gasteiger partial charge in [-0.2, -0.15) is 0 Å². The van der Waals surface area contributed by atoms with E-state index in [0.29, 0.717) is 5.41 Å². The molecule has 0 atom stereocenters. The predicted molar refractivity (Wildman–Crippen MR) is 82.7 cm³/mol. The molecule has 2 nitrogen and oxygen atoms in total. The molecule has 1 aromatic rings. The minimum atomic E-state index is 0.537. The number of benzene rings is 1. The highest BCUT2D eigenvalue weighted by molar-refractivity contribution is 5.43. The molecule has 1 aromatic carbocycles. The summed E-state index contributed by atoms with van der Waals surface area (Å²) in [5.41, 5.74) is 7.77. The first-order valence-electron chi connectivity index (χ1n) is 7.41. The molecule has 0 aromatic heterocycles. The van der Waals surface area contributed by atoms with Crippen molar-refractivity contribution in [2.45, 2.75) is 47.1 Å². The highest BCUT2D eigenvalue weighted by Crippen LogP contribution is 2.44. The van der Waals surface area contributed by atoms with Crippen molar-refractivity contribution in [3.05, 3.63) is 33.9 Å². The Morgan fingerprint density at radius 3 is 2.05 bits per heavy atom. The Hall–Kier alpha value is -0.860. The van der Waals surface area contributed by atoms with Crippen LogP contribution in [0.5, 0.6) is 0 Å². The molecule has 0 spiro atoms. The molecule has 1 fully saturated rings. The van der Waals surface area contributed by atoms with Gasteiger partial charge in [-0.15, -0.1) is 0 Å². The van der Waals surface area contributed by atoms with E-state index in [2.05, 4.69) is 51.4 Å². The van der Waals surface area contributed by atoms with Gasteiger partial charge in [-0.1, -0.05) is 6.07 Å². The molecule has 0 bridgehead atoms. The first-order valence-corrected chi connectivity index (χ1v) is 7.41. The molecule has 1 aliphatic carbocycles. The summed E-state index contributed by atoms with van der Waals surface area (Å²) in [7, 11) is 2.05. The van der Waals surface area contributed by atoms with Crippen LogP contribution in [0.15, 0.2) is 6.07 Å². The van der Waals surface area contributed by atoms with Crippen LogP contribution < -0.4 is 10.6 Å². The molecule has 2 heteroatoms. The summed E-state index contributed by atoms with van der Waals surface area (Å²) in [6, 6.07) is 2.30. The lowest BCUT2D eigenvalue weighted by Gasteiger charge is -2.19. The zero-order valence-corrected chi connectivity index (χ0v) is 13.1. The summed E-state index contributed by atoms with van der Waals surface area (Å²) in [5, 5.41) is 7.01. The van der Waals surface area contributed by atoms with Crippen LogP contribution in [-0.2, 0) is 6.54 Å². The molecule has 2 N–H and O–H groups in total. The van der Waals surface area contributed by atoms with Gasteiger partial charge in [0.15, 0.2) is 0 Å². The van der Waals surface area contributed by atoms with Gasteiger partial charge in [-0.3, -0.25) is 0 Å². The second kappa shape index (κ2) is 5.64. The normalized spacial score (nSPS) is 16.7. The molecule has 0 saturated heterocycles. The largest absolute Gasteiger partial charge is 0.319 e. The van der Waals surface area contributed by atoms with E-state index in [1.807, 2.05) is 0 Å². The molecule has 1 saturated carbocycles. The first kappa shape index (κ1) is 14.5. The van der Waals surface area contributed by atoms with Gasteiger partial charge in [0.05, 0.1) is 0 Å². The molecule has 106 valence electrons. The molecule has 0 radical (unpaired) electrons. The summed E-state index contributed by atoms with van der Waals surface area (Å²) in [6.07, 6.45) is 2.73. The monoisotopic (exact) mass is 260 g/mol. The summed E-state index contributed by atoms with van der Waals surface area (Å²) >= 11 is 0. The van der Waals surface area contributed by atoms with E-state index in [0.717, 1.165) is 19.6 Å². The Labute approximate surface area is 118 Å². The van der Waals surface area contributed by atoms with Crippen molar-refractivity contribution in [1.82, 2.24) is 10.6 Å². The maximum Gasteiger partial charge on any atom is 0.0211 e. The lowest BCUT2D eigenvalue weighted by Crippen LogP contribution is -2.31. The third-order valence-electron chi connectivity index (χ3n) is 4.83. The Morgan fingerprint density at radius 1 is 1.00 bits per heavy atom. The summed E-state index contributed by atoms with van der Waals surface area (Å²) in [4.78, 5) is 0. The summed E-state index contributed by atoms with van der Waals surface area (Å²) < 4.78 is 0. The maximum absolute atomic E-state index is 3.69. The van der Waals surface area contributed by atoms with E-state index < -0.39 is 0 Å². The molecule has 19 heavy (non-hydrogen) atoms. The van der Waals surface area contributed by atoms with Crippen molar-refractivity contribution in [1.29, 1.82) is 0 Å². The van der Waals surface area contributed by atoms with Crippen molar-refractivity contribution in [3.8, 4) is 0 Å². The lowest BCUT2D eigenvalue weighted by molar-refractivity contribution is 0.438. The molecule has 2 rings (SSSR count). The van der Waals surface area contributed by atoms with Gasteiger partial charge in [0.25, 0.3) is 0 Å². The van der Waals surface area contributed by atoms with Crippen molar-refractivity contribution in [3.63, 3.8) is 0 Å². The molecular weight excluding hydrogens is 232 g/mol.